The van der Waals surface area contributed by atoms with Crippen molar-refractivity contribution in [3.63, 3.8) is 0 Å². The molecule has 0 amide bonds. The lowest BCUT2D eigenvalue weighted by Crippen LogP contribution is -2.20. The highest BCUT2D eigenvalue weighted by Gasteiger charge is 2.14. The van der Waals surface area contributed by atoms with Crippen LogP contribution in [0.15, 0.2) is 16.5 Å². The Balaban J connectivity index is 1.67. The number of hydrogen-bond acceptors (Lipinski definition) is 3. The van der Waals surface area contributed by atoms with Gasteiger partial charge in [0.05, 0.1) is 6.54 Å². The Labute approximate surface area is 97.2 Å². The van der Waals surface area contributed by atoms with E-state index in [2.05, 4.69) is 5.32 Å². The van der Waals surface area contributed by atoms with Crippen LogP contribution in [0.1, 0.15) is 37.2 Å². The molecule has 0 bridgehead atoms. The van der Waals surface area contributed by atoms with Gasteiger partial charge in [0, 0.05) is 7.11 Å². The van der Waals surface area contributed by atoms with Crippen molar-refractivity contribution in [1.29, 1.82) is 0 Å². The largest absolute Gasteiger partial charge is 0.462 e. The Bertz CT molecular complexity index is 303. The fourth-order valence-corrected chi connectivity index (χ4v) is 2.35. The second kappa shape index (κ2) is 6.06. The Hall–Kier alpha value is -0.800. The van der Waals surface area contributed by atoms with Crippen molar-refractivity contribution in [2.45, 2.75) is 38.8 Å². The number of nitrogens with one attached hydrogen (secondary N) is 1. The molecule has 1 heterocycles. The third-order valence-electron chi connectivity index (χ3n) is 3.21. The average molecular weight is 223 g/mol. The summed E-state index contributed by atoms with van der Waals surface area (Å²) in [4.78, 5) is 0. The zero-order chi connectivity index (χ0) is 11.2. The Morgan fingerprint density at radius 3 is 2.81 bits per heavy atom. The zero-order valence-corrected chi connectivity index (χ0v) is 10.00. The van der Waals surface area contributed by atoms with Crippen LogP contribution < -0.4 is 5.32 Å². The summed E-state index contributed by atoms with van der Waals surface area (Å²) in [6, 6.07) is 4.01. The number of rotatable bonds is 6. The minimum atomic E-state index is 0.558. The second-order valence-corrected chi connectivity index (χ2v) is 4.58. The fourth-order valence-electron chi connectivity index (χ4n) is 2.35. The van der Waals surface area contributed by atoms with Crippen LogP contribution in [0.25, 0.3) is 0 Å². The van der Waals surface area contributed by atoms with E-state index in [9.17, 15) is 0 Å². The van der Waals surface area contributed by atoms with Crippen LogP contribution in [0.4, 0.5) is 0 Å². The number of methoxy groups -OCH3 is 1. The smallest absolute Gasteiger partial charge is 0.129 e. The third kappa shape index (κ3) is 3.35. The fraction of sp³-hybridized carbons (Fsp3) is 0.692. The van der Waals surface area contributed by atoms with Gasteiger partial charge >= 0.3 is 0 Å². The predicted molar refractivity (Wildman–Crippen MR) is 63.1 cm³/mol. The van der Waals surface area contributed by atoms with E-state index < -0.39 is 0 Å². The molecule has 1 fully saturated rings. The van der Waals surface area contributed by atoms with Crippen molar-refractivity contribution in [3.05, 3.63) is 23.7 Å². The summed E-state index contributed by atoms with van der Waals surface area (Å²) in [5, 5.41) is 3.46. The number of furan rings is 1. The Kier molecular flexibility index (Phi) is 4.43. The van der Waals surface area contributed by atoms with Crippen LogP contribution in [-0.4, -0.2) is 13.7 Å². The first-order valence-corrected chi connectivity index (χ1v) is 6.15. The highest BCUT2D eigenvalue weighted by molar-refractivity contribution is 5.06. The SMILES string of the molecule is COCc1ccc(CNCC2CCCC2)o1. The van der Waals surface area contributed by atoms with E-state index in [0.29, 0.717) is 6.61 Å². The van der Waals surface area contributed by atoms with Crippen molar-refractivity contribution in [1.82, 2.24) is 5.32 Å². The van der Waals surface area contributed by atoms with Gasteiger partial charge in [-0.25, -0.2) is 0 Å². The summed E-state index contributed by atoms with van der Waals surface area (Å²) >= 11 is 0. The summed E-state index contributed by atoms with van der Waals surface area (Å²) in [7, 11) is 1.68. The molecule has 3 heteroatoms. The average Bonchev–Trinajstić information content (AvgIpc) is 2.90. The minimum absolute atomic E-state index is 0.558. The van der Waals surface area contributed by atoms with Crippen molar-refractivity contribution < 1.29 is 9.15 Å². The van der Waals surface area contributed by atoms with Crippen molar-refractivity contribution in [2.24, 2.45) is 5.92 Å². The van der Waals surface area contributed by atoms with Crippen LogP contribution in [0.2, 0.25) is 0 Å². The molecule has 1 N–H and O–H groups in total. The highest BCUT2D eigenvalue weighted by atomic mass is 16.5. The lowest BCUT2D eigenvalue weighted by molar-refractivity contribution is 0.162. The van der Waals surface area contributed by atoms with Crippen LogP contribution in [0.5, 0.6) is 0 Å². The maximum Gasteiger partial charge on any atom is 0.129 e. The van der Waals surface area contributed by atoms with E-state index in [4.69, 9.17) is 9.15 Å². The van der Waals surface area contributed by atoms with E-state index in [-0.39, 0.29) is 0 Å². The topological polar surface area (TPSA) is 34.4 Å². The minimum Gasteiger partial charge on any atom is -0.462 e. The zero-order valence-electron chi connectivity index (χ0n) is 10.00. The highest BCUT2D eigenvalue weighted by Crippen LogP contribution is 2.23. The molecular weight excluding hydrogens is 202 g/mol. The van der Waals surface area contributed by atoms with E-state index in [1.165, 1.54) is 25.7 Å². The van der Waals surface area contributed by atoms with Gasteiger partial charge in [-0.05, 0) is 37.4 Å². The summed E-state index contributed by atoms with van der Waals surface area (Å²) in [6.07, 6.45) is 5.59. The van der Waals surface area contributed by atoms with Gasteiger partial charge in [-0.2, -0.15) is 0 Å². The summed E-state index contributed by atoms with van der Waals surface area (Å²) in [5.74, 6) is 2.79. The van der Waals surface area contributed by atoms with Crippen molar-refractivity contribution in [2.75, 3.05) is 13.7 Å². The monoisotopic (exact) mass is 223 g/mol. The van der Waals surface area contributed by atoms with Gasteiger partial charge in [0.2, 0.25) is 0 Å². The molecule has 3 nitrogen and oxygen atoms in total. The van der Waals surface area contributed by atoms with E-state index in [0.717, 1.165) is 30.5 Å². The first kappa shape index (κ1) is 11.7. The quantitative estimate of drug-likeness (QED) is 0.805. The molecule has 1 aromatic rings. The first-order valence-electron chi connectivity index (χ1n) is 6.15. The standard InChI is InChI=1S/C13H21NO2/c1-15-10-13-7-6-12(16-13)9-14-8-11-4-2-3-5-11/h6-7,11,14H,2-5,8-10H2,1H3. The van der Waals surface area contributed by atoms with Gasteiger partial charge in [0.1, 0.15) is 18.1 Å². The summed E-state index contributed by atoms with van der Waals surface area (Å²) in [6.45, 7) is 2.52. The lowest BCUT2D eigenvalue weighted by atomic mass is 10.1. The van der Waals surface area contributed by atoms with Crippen molar-refractivity contribution >= 4 is 0 Å². The maximum atomic E-state index is 5.60. The van der Waals surface area contributed by atoms with E-state index >= 15 is 0 Å². The van der Waals surface area contributed by atoms with Gasteiger partial charge in [-0.3, -0.25) is 0 Å². The second-order valence-electron chi connectivity index (χ2n) is 4.58. The Morgan fingerprint density at radius 1 is 1.31 bits per heavy atom. The molecule has 0 aliphatic heterocycles. The van der Waals surface area contributed by atoms with Crippen LogP contribution in [0.3, 0.4) is 0 Å². The van der Waals surface area contributed by atoms with Crippen LogP contribution in [0, 0.1) is 5.92 Å². The first-order chi connectivity index (χ1) is 7.88. The molecule has 0 unspecified atom stereocenters. The van der Waals surface area contributed by atoms with Gasteiger partial charge in [-0.1, -0.05) is 12.8 Å². The normalized spacial score (nSPS) is 17.1. The molecule has 1 aliphatic carbocycles. The van der Waals surface area contributed by atoms with Gasteiger partial charge in [0.25, 0.3) is 0 Å². The molecular formula is C13H21NO2. The van der Waals surface area contributed by atoms with Crippen molar-refractivity contribution in [3.8, 4) is 0 Å². The molecule has 1 aromatic heterocycles. The Morgan fingerprint density at radius 2 is 2.06 bits per heavy atom. The molecule has 2 rings (SSSR count). The molecule has 16 heavy (non-hydrogen) atoms. The molecule has 90 valence electrons. The summed E-state index contributed by atoms with van der Waals surface area (Å²) < 4.78 is 10.6. The third-order valence-corrected chi connectivity index (χ3v) is 3.21. The molecule has 0 radical (unpaired) electrons. The summed E-state index contributed by atoms with van der Waals surface area (Å²) in [5.41, 5.74) is 0. The molecule has 0 saturated heterocycles. The molecule has 1 saturated carbocycles. The maximum absolute atomic E-state index is 5.60. The van der Waals surface area contributed by atoms with E-state index in [1.807, 2.05) is 12.1 Å². The predicted octanol–water partition coefficient (Wildman–Crippen LogP) is 2.71. The lowest BCUT2D eigenvalue weighted by Gasteiger charge is -2.08. The molecule has 0 atom stereocenters. The van der Waals surface area contributed by atoms with Crippen LogP contribution in [-0.2, 0) is 17.9 Å². The molecule has 0 aromatic carbocycles. The number of hydrogen-bond donors (Lipinski definition) is 1. The number of ether oxygens (including phenoxy) is 1. The molecule has 1 aliphatic rings. The van der Waals surface area contributed by atoms with Gasteiger partial charge in [0.15, 0.2) is 0 Å². The van der Waals surface area contributed by atoms with Crippen LogP contribution >= 0.6 is 0 Å². The molecule has 0 spiro atoms. The van der Waals surface area contributed by atoms with Gasteiger partial charge < -0.3 is 14.5 Å². The van der Waals surface area contributed by atoms with E-state index in [1.54, 1.807) is 7.11 Å². The van der Waals surface area contributed by atoms with Gasteiger partial charge in [-0.15, -0.1) is 0 Å².